The van der Waals surface area contributed by atoms with E-state index in [4.69, 9.17) is 4.74 Å². The Hall–Kier alpha value is -2.14. The highest BCUT2D eigenvalue weighted by Gasteiger charge is 2.13. The molecular weight excluding hydrogens is 294 g/mol. The van der Waals surface area contributed by atoms with Crippen LogP contribution in [0.5, 0.6) is 5.75 Å². The SMILES string of the molecule is CCOc1ccc(Nc2nc(C)nc3sc(C)c(C)c23)cc1. The summed E-state index contributed by atoms with van der Waals surface area (Å²) in [4.78, 5) is 11.4. The van der Waals surface area contributed by atoms with Gasteiger partial charge >= 0.3 is 0 Å². The molecule has 0 aliphatic rings. The molecule has 22 heavy (non-hydrogen) atoms. The fourth-order valence-corrected chi connectivity index (χ4v) is 3.46. The van der Waals surface area contributed by atoms with Crippen molar-refractivity contribution >= 4 is 33.1 Å². The van der Waals surface area contributed by atoms with Crippen LogP contribution in [-0.4, -0.2) is 16.6 Å². The van der Waals surface area contributed by atoms with E-state index in [-0.39, 0.29) is 0 Å². The molecule has 114 valence electrons. The van der Waals surface area contributed by atoms with Gasteiger partial charge in [-0.3, -0.25) is 0 Å². The van der Waals surface area contributed by atoms with E-state index in [0.717, 1.165) is 33.3 Å². The van der Waals surface area contributed by atoms with Gasteiger partial charge in [-0.15, -0.1) is 11.3 Å². The Morgan fingerprint density at radius 3 is 2.50 bits per heavy atom. The van der Waals surface area contributed by atoms with Crippen LogP contribution in [0.1, 0.15) is 23.2 Å². The van der Waals surface area contributed by atoms with Gasteiger partial charge in [-0.1, -0.05) is 0 Å². The first-order valence-electron chi connectivity index (χ1n) is 7.32. The summed E-state index contributed by atoms with van der Waals surface area (Å²) >= 11 is 1.72. The van der Waals surface area contributed by atoms with E-state index < -0.39 is 0 Å². The van der Waals surface area contributed by atoms with Gasteiger partial charge in [0.05, 0.1) is 12.0 Å². The van der Waals surface area contributed by atoms with Crippen molar-refractivity contribution in [2.45, 2.75) is 27.7 Å². The Labute approximate surface area is 134 Å². The summed E-state index contributed by atoms with van der Waals surface area (Å²) in [6, 6.07) is 7.93. The third-order valence-electron chi connectivity index (χ3n) is 3.57. The minimum atomic E-state index is 0.672. The van der Waals surface area contributed by atoms with Crippen molar-refractivity contribution in [1.82, 2.24) is 9.97 Å². The molecule has 3 rings (SSSR count). The number of nitrogens with one attached hydrogen (secondary N) is 1. The van der Waals surface area contributed by atoms with E-state index in [1.807, 2.05) is 38.1 Å². The largest absolute Gasteiger partial charge is 0.494 e. The molecule has 1 aromatic carbocycles. The molecule has 0 atom stereocenters. The van der Waals surface area contributed by atoms with Gasteiger partial charge in [0.15, 0.2) is 0 Å². The third-order valence-corrected chi connectivity index (χ3v) is 4.67. The molecule has 2 heterocycles. The molecule has 0 saturated carbocycles. The maximum Gasteiger partial charge on any atom is 0.143 e. The van der Waals surface area contributed by atoms with Gasteiger partial charge in [0.1, 0.15) is 22.2 Å². The first kappa shape index (κ1) is 14.8. The number of hydrogen-bond donors (Lipinski definition) is 1. The summed E-state index contributed by atoms with van der Waals surface area (Å²) in [6.45, 7) is 8.82. The molecule has 0 fully saturated rings. The van der Waals surface area contributed by atoms with Crippen LogP contribution < -0.4 is 10.1 Å². The second-order valence-corrected chi connectivity index (χ2v) is 6.37. The fraction of sp³-hybridized carbons (Fsp3) is 0.294. The lowest BCUT2D eigenvalue weighted by atomic mass is 10.2. The summed E-state index contributed by atoms with van der Waals surface area (Å²) < 4.78 is 5.47. The smallest absolute Gasteiger partial charge is 0.143 e. The van der Waals surface area contributed by atoms with Crippen molar-refractivity contribution in [3.05, 3.63) is 40.5 Å². The van der Waals surface area contributed by atoms with Crippen molar-refractivity contribution < 1.29 is 4.74 Å². The maximum atomic E-state index is 5.47. The molecule has 0 bridgehead atoms. The van der Waals surface area contributed by atoms with Gasteiger partial charge in [0.2, 0.25) is 0 Å². The Morgan fingerprint density at radius 1 is 1.09 bits per heavy atom. The number of fused-ring (bicyclic) bond motifs is 1. The molecule has 4 nitrogen and oxygen atoms in total. The molecule has 0 radical (unpaired) electrons. The van der Waals surface area contributed by atoms with Crippen molar-refractivity contribution in [2.75, 3.05) is 11.9 Å². The van der Waals surface area contributed by atoms with E-state index in [1.165, 1.54) is 10.4 Å². The van der Waals surface area contributed by atoms with Crippen LogP contribution in [-0.2, 0) is 0 Å². The van der Waals surface area contributed by atoms with Crippen molar-refractivity contribution in [3.63, 3.8) is 0 Å². The van der Waals surface area contributed by atoms with E-state index in [2.05, 4.69) is 29.1 Å². The highest BCUT2D eigenvalue weighted by atomic mass is 32.1. The number of aromatic nitrogens is 2. The van der Waals surface area contributed by atoms with Crippen LogP contribution in [0.25, 0.3) is 10.2 Å². The summed E-state index contributed by atoms with van der Waals surface area (Å²) in [7, 11) is 0. The van der Waals surface area contributed by atoms with Crippen LogP contribution in [0.2, 0.25) is 0 Å². The van der Waals surface area contributed by atoms with Gasteiger partial charge in [0.25, 0.3) is 0 Å². The number of nitrogens with zero attached hydrogens (tertiary/aromatic N) is 2. The van der Waals surface area contributed by atoms with Gasteiger partial charge in [0, 0.05) is 10.6 Å². The molecule has 1 N–H and O–H groups in total. The van der Waals surface area contributed by atoms with Gasteiger partial charge < -0.3 is 10.1 Å². The lowest BCUT2D eigenvalue weighted by Gasteiger charge is -2.09. The minimum Gasteiger partial charge on any atom is -0.494 e. The van der Waals surface area contributed by atoms with Gasteiger partial charge in [-0.2, -0.15) is 0 Å². The highest BCUT2D eigenvalue weighted by Crippen LogP contribution is 2.34. The molecule has 5 heteroatoms. The molecule has 3 aromatic rings. The normalized spacial score (nSPS) is 10.9. The highest BCUT2D eigenvalue weighted by molar-refractivity contribution is 7.18. The quantitative estimate of drug-likeness (QED) is 0.754. The summed E-state index contributed by atoms with van der Waals surface area (Å²) in [5.41, 5.74) is 2.24. The molecule has 0 aliphatic carbocycles. The number of ether oxygens (including phenoxy) is 1. The van der Waals surface area contributed by atoms with Crippen LogP contribution >= 0.6 is 11.3 Å². The zero-order valence-electron chi connectivity index (χ0n) is 13.2. The third kappa shape index (κ3) is 2.76. The van der Waals surface area contributed by atoms with Gasteiger partial charge in [-0.25, -0.2) is 9.97 Å². The Kier molecular flexibility index (Phi) is 3.98. The first-order chi connectivity index (χ1) is 10.6. The lowest BCUT2D eigenvalue weighted by molar-refractivity contribution is 0.340. The zero-order chi connectivity index (χ0) is 15.7. The summed E-state index contributed by atoms with van der Waals surface area (Å²) in [6.07, 6.45) is 0. The molecule has 0 aliphatic heterocycles. The average Bonchev–Trinajstić information content (AvgIpc) is 2.76. The van der Waals surface area contributed by atoms with Crippen LogP contribution in [0, 0.1) is 20.8 Å². The predicted octanol–water partition coefficient (Wildman–Crippen LogP) is 4.76. The van der Waals surface area contributed by atoms with Crippen LogP contribution in [0.3, 0.4) is 0 Å². The molecular formula is C17H19N3OS. The predicted molar refractivity (Wildman–Crippen MR) is 92.5 cm³/mol. The van der Waals surface area contributed by atoms with E-state index >= 15 is 0 Å². The molecule has 0 saturated heterocycles. The number of rotatable bonds is 4. The topological polar surface area (TPSA) is 47.0 Å². The summed E-state index contributed by atoms with van der Waals surface area (Å²) in [5, 5.41) is 4.52. The van der Waals surface area contributed by atoms with Crippen molar-refractivity contribution in [1.29, 1.82) is 0 Å². The molecule has 0 unspecified atom stereocenters. The van der Waals surface area contributed by atoms with E-state index in [1.54, 1.807) is 11.3 Å². The molecule has 0 amide bonds. The lowest BCUT2D eigenvalue weighted by Crippen LogP contribution is -1.98. The Bertz CT molecular complexity index is 809. The number of hydrogen-bond acceptors (Lipinski definition) is 5. The Morgan fingerprint density at radius 2 is 1.82 bits per heavy atom. The standard InChI is InChI=1S/C17H19N3OS/c1-5-21-14-8-6-13(7-9-14)20-16-15-10(2)11(3)22-17(15)19-12(4)18-16/h6-9H,5H2,1-4H3,(H,18,19,20). The van der Waals surface area contributed by atoms with Gasteiger partial charge in [-0.05, 0) is 57.5 Å². The maximum absolute atomic E-state index is 5.47. The van der Waals surface area contributed by atoms with Crippen LogP contribution in [0.4, 0.5) is 11.5 Å². The molecule has 2 aromatic heterocycles. The second-order valence-electron chi connectivity index (χ2n) is 5.17. The number of benzene rings is 1. The monoisotopic (exact) mass is 313 g/mol. The average molecular weight is 313 g/mol. The van der Waals surface area contributed by atoms with Crippen LogP contribution in [0.15, 0.2) is 24.3 Å². The van der Waals surface area contributed by atoms with E-state index in [0.29, 0.717) is 6.61 Å². The minimum absolute atomic E-state index is 0.672. The zero-order valence-corrected chi connectivity index (χ0v) is 14.0. The fourth-order valence-electron chi connectivity index (χ4n) is 2.38. The number of anilines is 2. The van der Waals surface area contributed by atoms with Crippen molar-refractivity contribution in [3.8, 4) is 5.75 Å². The summed E-state index contributed by atoms with van der Waals surface area (Å²) in [5.74, 6) is 2.52. The Balaban J connectivity index is 1.99. The van der Waals surface area contributed by atoms with E-state index in [9.17, 15) is 0 Å². The molecule has 0 spiro atoms. The number of thiophene rings is 1. The second kappa shape index (κ2) is 5.93. The van der Waals surface area contributed by atoms with Crippen molar-refractivity contribution in [2.24, 2.45) is 0 Å². The first-order valence-corrected chi connectivity index (χ1v) is 8.14. The number of aryl methyl sites for hydroxylation is 3.